The number of carbonyl (C=O) groups is 2. The minimum Gasteiger partial charge on any atom is -0.480 e. The summed E-state index contributed by atoms with van der Waals surface area (Å²) in [6.45, 7) is 3.68. The van der Waals surface area contributed by atoms with Crippen LogP contribution >= 0.6 is 0 Å². The number of benzene rings is 1. The number of nitrogens with one attached hydrogen (secondary N) is 2. The monoisotopic (exact) mass is 358 g/mol. The molecule has 0 bridgehead atoms. The number of aliphatic carboxylic acids is 1. The number of hydrogen-bond donors (Lipinski definition) is 3. The third-order valence-electron chi connectivity index (χ3n) is 3.31. The zero-order chi connectivity index (χ0) is 18.3. The lowest BCUT2D eigenvalue weighted by Gasteiger charge is -2.15. The summed E-state index contributed by atoms with van der Waals surface area (Å²) >= 11 is 0. The Bertz CT molecular complexity index is 702. The second-order valence-electron chi connectivity index (χ2n) is 5.12. The first kappa shape index (κ1) is 20.1. The average Bonchev–Trinajstić information content (AvgIpc) is 2.51. The van der Waals surface area contributed by atoms with Crippen LogP contribution in [0.3, 0.4) is 0 Å². The number of carboxylic acid groups (broad SMARTS) is 1. The van der Waals surface area contributed by atoms with E-state index in [0.717, 1.165) is 0 Å². The summed E-state index contributed by atoms with van der Waals surface area (Å²) in [5, 5.41) is 11.5. The molecule has 134 valence electrons. The molecule has 0 aliphatic carbocycles. The third-order valence-corrected chi connectivity index (χ3v) is 4.86. The fourth-order valence-electron chi connectivity index (χ4n) is 2.02. The second-order valence-corrected chi connectivity index (χ2v) is 6.89. The van der Waals surface area contributed by atoms with E-state index in [1.165, 1.54) is 25.3 Å². The van der Waals surface area contributed by atoms with Crippen molar-refractivity contribution in [3.8, 4) is 0 Å². The molecule has 0 radical (unpaired) electrons. The van der Waals surface area contributed by atoms with Crippen molar-refractivity contribution in [2.45, 2.75) is 31.2 Å². The molecular formula is C15H22N2O6S. The lowest BCUT2D eigenvalue weighted by atomic mass is 10.1. The first-order valence-corrected chi connectivity index (χ1v) is 8.84. The Morgan fingerprint density at radius 2 is 2.00 bits per heavy atom. The minimum atomic E-state index is -3.71. The largest absolute Gasteiger partial charge is 0.480 e. The lowest BCUT2D eigenvalue weighted by molar-refractivity contribution is -0.139. The Labute approximate surface area is 141 Å². The van der Waals surface area contributed by atoms with Crippen LogP contribution in [0.5, 0.6) is 0 Å². The third kappa shape index (κ3) is 5.29. The van der Waals surface area contributed by atoms with Crippen LogP contribution in [-0.2, 0) is 19.6 Å². The van der Waals surface area contributed by atoms with Crippen molar-refractivity contribution in [3.05, 3.63) is 29.3 Å². The quantitative estimate of drug-likeness (QED) is 0.591. The van der Waals surface area contributed by atoms with Crippen LogP contribution in [0.1, 0.15) is 29.3 Å². The first-order chi connectivity index (χ1) is 11.2. The molecule has 1 aromatic carbocycles. The van der Waals surface area contributed by atoms with Gasteiger partial charge in [0.15, 0.2) is 0 Å². The van der Waals surface area contributed by atoms with E-state index in [0.29, 0.717) is 5.56 Å². The van der Waals surface area contributed by atoms with Crippen molar-refractivity contribution >= 4 is 21.9 Å². The molecule has 1 unspecified atom stereocenters. The molecule has 0 saturated heterocycles. The highest BCUT2D eigenvalue weighted by Gasteiger charge is 2.23. The summed E-state index contributed by atoms with van der Waals surface area (Å²) < 4.78 is 31.2. The molecular weight excluding hydrogens is 336 g/mol. The maximum atomic E-state index is 12.4. The van der Waals surface area contributed by atoms with Crippen LogP contribution < -0.4 is 10.0 Å². The Balaban J connectivity index is 3.07. The number of amides is 1. The lowest BCUT2D eigenvalue weighted by Crippen LogP contribution is -2.41. The highest BCUT2D eigenvalue weighted by molar-refractivity contribution is 7.89. The highest BCUT2D eigenvalue weighted by Crippen LogP contribution is 2.16. The van der Waals surface area contributed by atoms with E-state index >= 15 is 0 Å². The van der Waals surface area contributed by atoms with E-state index in [9.17, 15) is 18.0 Å². The Kier molecular flexibility index (Phi) is 7.33. The second kappa shape index (κ2) is 8.76. The summed E-state index contributed by atoms with van der Waals surface area (Å²) in [6.07, 6.45) is 0.103. The van der Waals surface area contributed by atoms with Gasteiger partial charge in [0, 0.05) is 32.2 Å². The molecule has 0 heterocycles. The maximum Gasteiger partial charge on any atom is 0.326 e. The molecule has 0 aliphatic heterocycles. The van der Waals surface area contributed by atoms with Gasteiger partial charge in [0.1, 0.15) is 6.04 Å². The number of carbonyl (C=O) groups excluding carboxylic acids is 1. The van der Waals surface area contributed by atoms with Gasteiger partial charge in [-0.3, -0.25) is 4.79 Å². The van der Waals surface area contributed by atoms with Gasteiger partial charge in [0.2, 0.25) is 10.0 Å². The van der Waals surface area contributed by atoms with Crippen LogP contribution in [-0.4, -0.2) is 51.7 Å². The molecule has 0 aromatic heterocycles. The van der Waals surface area contributed by atoms with E-state index in [1.807, 2.05) is 0 Å². The fourth-order valence-corrected chi connectivity index (χ4v) is 3.08. The molecule has 8 nitrogen and oxygen atoms in total. The van der Waals surface area contributed by atoms with Gasteiger partial charge in [-0.1, -0.05) is 13.0 Å². The number of methoxy groups -OCH3 is 1. The smallest absolute Gasteiger partial charge is 0.326 e. The van der Waals surface area contributed by atoms with Gasteiger partial charge in [-0.25, -0.2) is 17.9 Å². The van der Waals surface area contributed by atoms with E-state index in [-0.39, 0.29) is 30.0 Å². The Hall–Kier alpha value is -1.97. The van der Waals surface area contributed by atoms with Gasteiger partial charge in [-0.15, -0.1) is 0 Å². The van der Waals surface area contributed by atoms with Gasteiger partial charge in [0.25, 0.3) is 5.91 Å². The van der Waals surface area contributed by atoms with Gasteiger partial charge in [0.05, 0.1) is 4.90 Å². The molecule has 0 aliphatic rings. The van der Waals surface area contributed by atoms with Crippen molar-refractivity contribution in [2.24, 2.45) is 0 Å². The highest BCUT2D eigenvalue weighted by atomic mass is 32.2. The number of rotatable bonds is 9. The van der Waals surface area contributed by atoms with Crippen molar-refractivity contribution in [3.63, 3.8) is 0 Å². The van der Waals surface area contributed by atoms with Crippen LogP contribution in [0.4, 0.5) is 0 Å². The number of ether oxygens (including phenoxy) is 1. The van der Waals surface area contributed by atoms with Gasteiger partial charge >= 0.3 is 5.97 Å². The summed E-state index contributed by atoms with van der Waals surface area (Å²) in [5.41, 5.74) is 0.650. The molecule has 0 spiro atoms. The molecule has 24 heavy (non-hydrogen) atoms. The molecule has 1 aromatic rings. The zero-order valence-electron chi connectivity index (χ0n) is 13.8. The molecule has 0 fully saturated rings. The van der Waals surface area contributed by atoms with Crippen molar-refractivity contribution < 1.29 is 27.9 Å². The molecule has 3 N–H and O–H groups in total. The van der Waals surface area contributed by atoms with Crippen molar-refractivity contribution in [1.82, 2.24) is 10.0 Å². The minimum absolute atomic E-state index is 0.0520. The topological polar surface area (TPSA) is 122 Å². The molecule has 0 saturated carbocycles. The van der Waals surface area contributed by atoms with Gasteiger partial charge in [-0.05, 0) is 24.6 Å². The normalized spacial score (nSPS) is 12.6. The Morgan fingerprint density at radius 3 is 2.54 bits per heavy atom. The van der Waals surface area contributed by atoms with E-state index < -0.39 is 27.9 Å². The number of carboxylic acids is 1. The van der Waals surface area contributed by atoms with Crippen LogP contribution in [0.15, 0.2) is 23.1 Å². The standard InChI is InChI=1S/C15H22N2O6S/c1-4-16-24(21,22)11-6-5-10(2)12(9-11)14(18)17-13(15(19)20)7-8-23-3/h5-6,9,13,16H,4,7-8H2,1-3H3,(H,17,18)(H,19,20). The fraction of sp³-hybridized carbons (Fsp3) is 0.467. The maximum absolute atomic E-state index is 12.4. The van der Waals surface area contributed by atoms with Gasteiger partial charge < -0.3 is 15.2 Å². The number of hydrogen-bond acceptors (Lipinski definition) is 5. The zero-order valence-corrected chi connectivity index (χ0v) is 14.6. The number of sulfonamides is 1. The summed E-state index contributed by atoms with van der Waals surface area (Å²) in [6, 6.07) is 3.01. The van der Waals surface area contributed by atoms with Crippen molar-refractivity contribution in [1.29, 1.82) is 0 Å². The van der Waals surface area contributed by atoms with Crippen LogP contribution in [0.2, 0.25) is 0 Å². The predicted molar refractivity (Wildman–Crippen MR) is 87.4 cm³/mol. The van der Waals surface area contributed by atoms with Crippen LogP contribution in [0.25, 0.3) is 0 Å². The van der Waals surface area contributed by atoms with E-state index in [1.54, 1.807) is 13.8 Å². The first-order valence-electron chi connectivity index (χ1n) is 7.35. The van der Waals surface area contributed by atoms with E-state index in [2.05, 4.69) is 10.0 Å². The van der Waals surface area contributed by atoms with Gasteiger partial charge in [-0.2, -0.15) is 0 Å². The van der Waals surface area contributed by atoms with Crippen molar-refractivity contribution in [2.75, 3.05) is 20.3 Å². The summed E-state index contributed by atoms with van der Waals surface area (Å²) in [5.74, 6) is -1.83. The van der Waals surface area contributed by atoms with E-state index in [4.69, 9.17) is 9.84 Å². The van der Waals surface area contributed by atoms with Crippen LogP contribution in [0, 0.1) is 6.92 Å². The average molecular weight is 358 g/mol. The SMILES string of the molecule is CCNS(=O)(=O)c1ccc(C)c(C(=O)NC(CCOC)C(=O)O)c1. The molecule has 1 rings (SSSR count). The Morgan fingerprint density at radius 1 is 1.33 bits per heavy atom. The molecule has 9 heteroatoms. The summed E-state index contributed by atoms with van der Waals surface area (Å²) in [7, 11) is -2.28. The molecule has 1 amide bonds. The predicted octanol–water partition coefficient (Wildman–Crippen LogP) is 0.513. The summed E-state index contributed by atoms with van der Waals surface area (Å²) in [4.78, 5) is 23.5. The molecule has 1 atom stereocenters. The number of aryl methyl sites for hydroxylation is 1.